The molecule has 0 aliphatic heterocycles. The van der Waals surface area contributed by atoms with Crippen LogP contribution < -0.4 is 11.2 Å². The molecular formula is C11H17ClN2O3. The summed E-state index contributed by atoms with van der Waals surface area (Å²) < 4.78 is 6.14. The lowest BCUT2D eigenvalue weighted by atomic mass is 10.2. The van der Waals surface area contributed by atoms with Gasteiger partial charge in [-0.1, -0.05) is 18.5 Å². The van der Waals surface area contributed by atoms with Crippen molar-refractivity contribution in [3.8, 4) is 0 Å². The van der Waals surface area contributed by atoms with Crippen molar-refractivity contribution in [2.45, 2.75) is 32.7 Å². The summed E-state index contributed by atoms with van der Waals surface area (Å²) in [6.45, 7) is 4.13. The summed E-state index contributed by atoms with van der Waals surface area (Å²) in [6, 6.07) is -0.214. The lowest BCUT2D eigenvalue weighted by Gasteiger charge is -2.14. The molecule has 0 saturated carbocycles. The summed E-state index contributed by atoms with van der Waals surface area (Å²) >= 11 is 5.82. The largest absolute Gasteiger partial charge is 0.385 e. The number of aromatic amines is 1. The van der Waals surface area contributed by atoms with E-state index in [0.717, 1.165) is 0 Å². The van der Waals surface area contributed by atoms with E-state index < -0.39 is 5.69 Å². The molecule has 0 aromatic carbocycles. The van der Waals surface area contributed by atoms with Crippen LogP contribution in [-0.2, 0) is 11.2 Å². The van der Waals surface area contributed by atoms with Gasteiger partial charge in [0.2, 0.25) is 0 Å². The van der Waals surface area contributed by atoms with Gasteiger partial charge in [-0.3, -0.25) is 14.3 Å². The van der Waals surface area contributed by atoms with Gasteiger partial charge in [-0.25, -0.2) is 4.79 Å². The summed E-state index contributed by atoms with van der Waals surface area (Å²) in [7, 11) is 1.58. The Hall–Kier alpha value is -1.07. The van der Waals surface area contributed by atoms with Gasteiger partial charge in [0.1, 0.15) is 5.15 Å². The summed E-state index contributed by atoms with van der Waals surface area (Å²) in [5, 5.41) is 0.137. The van der Waals surface area contributed by atoms with E-state index in [9.17, 15) is 9.59 Å². The topological polar surface area (TPSA) is 64.1 Å². The Morgan fingerprint density at radius 1 is 1.47 bits per heavy atom. The Kier molecular flexibility index (Phi) is 4.96. The summed E-state index contributed by atoms with van der Waals surface area (Å²) in [5.41, 5.74) is -0.346. The van der Waals surface area contributed by atoms with Crippen molar-refractivity contribution in [1.29, 1.82) is 0 Å². The number of rotatable bonds is 5. The van der Waals surface area contributed by atoms with E-state index in [1.165, 1.54) is 4.57 Å². The van der Waals surface area contributed by atoms with Crippen LogP contribution in [0.5, 0.6) is 0 Å². The predicted molar refractivity (Wildman–Crippen MR) is 66.9 cm³/mol. The first kappa shape index (κ1) is 14.0. The highest BCUT2D eigenvalue weighted by Crippen LogP contribution is 2.10. The zero-order valence-corrected chi connectivity index (χ0v) is 11.0. The van der Waals surface area contributed by atoms with Crippen LogP contribution >= 0.6 is 11.6 Å². The molecule has 1 rings (SSSR count). The first-order valence-corrected chi connectivity index (χ1v) is 5.92. The number of ether oxygens (including phenoxy) is 1. The monoisotopic (exact) mass is 260 g/mol. The van der Waals surface area contributed by atoms with Gasteiger partial charge in [-0.15, -0.1) is 0 Å². The third kappa shape index (κ3) is 2.98. The molecular weight excluding hydrogens is 244 g/mol. The molecule has 96 valence electrons. The van der Waals surface area contributed by atoms with Crippen LogP contribution in [0.1, 0.15) is 31.9 Å². The zero-order valence-electron chi connectivity index (χ0n) is 10.2. The molecule has 1 N–H and O–H groups in total. The van der Waals surface area contributed by atoms with Crippen LogP contribution in [0.25, 0.3) is 0 Å². The Labute approximate surface area is 104 Å². The summed E-state index contributed by atoms with van der Waals surface area (Å²) in [5.74, 6) is 0. The normalized spacial score (nSPS) is 12.7. The second kappa shape index (κ2) is 6.02. The maximum Gasteiger partial charge on any atom is 0.329 e. The smallest absolute Gasteiger partial charge is 0.329 e. The number of hydrogen-bond acceptors (Lipinski definition) is 3. The molecule has 0 aliphatic rings. The highest BCUT2D eigenvalue weighted by atomic mass is 35.5. The minimum Gasteiger partial charge on any atom is -0.385 e. The van der Waals surface area contributed by atoms with Crippen molar-refractivity contribution >= 4 is 11.6 Å². The van der Waals surface area contributed by atoms with Crippen molar-refractivity contribution in [2.75, 3.05) is 13.7 Å². The zero-order chi connectivity index (χ0) is 13.0. The number of nitrogens with zero attached hydrogens (tertiary/aromatic N) is 1. The summed E-state index contributed by atoms with van der Waals surface area (Å²) in [4.78, 5) is 26.3. The second-order valence-electron chi connectivity index (χ2n) is 3.88. The molecule has 0 bridgehead atoms. The van der Waals surface area contributed by atoms with Gasteiger partial charge in [0.25, 0.3) is 5.56 Å². The van der Waals surface area contributed by atoms with Crippen LogP contribution in [0.2, 0.25) is 5.15 Å². The maximum absolute atomic E-state index is 12.1. The fraction of sp³-hybridized carbons (Fsp3) is 0.636. The van der Waals surface area contributed by atoms with Crippen LogP contribution in [0.3, 0.4) is 0 Å². The van der Waals surface area contributed by atoms with Crippen molar-refractivity contribution in [3.05, 3.63) is 31.6 Å². The van der Waals surface area contributed by atoms with Gasteiger partial charge in [0, 0.05) is 19.8 Å². The average molecular weight is 261 g/mol. The third-order valence-electron chi connectivity index (χ3n) is 2.71. The van der Waals surface area contributed by atoms with Gasteiger partial charge in [-0.2, -0.15) is 0 Å². The molecule has 0 radical (unpaired) electrons. The number of H-pyrrole nitrogens is 1. The molecule has 0 saturated heterocycles. The van der Waals surface area contributed by atoms with Gasteiger partial charge < -0.3 is 4.74 Å². The minimum atomic E-state index is -0.471. The van der Waals surface area contributed by atoms with Crippen molar-refractivity contribution < 1.29 is 4.74 Å². The Balaban J connectivity index is 3.24. The number of halogens is 1. The second-order valence-corrected chi connectivity index (χ2v) is 4.26. The van der Waals surface area contributed by atoms with Gasteiger partial charge in [0.15, 0.2) is 0 Å². The van der Waals surface area contributed by atoms with E-state index in [4.69, 9.17) is 16.3 Å². The highest BCUT2D eigenvalue weighted by Gasteiger charge is 2.15. The Bertz CT molecular complexity index is 492. The Morgan fingerprint density at radius 2 is 2.12 bits per heavy atom. The van der Waals surface area contributed by atoms with Crippen LogP contribution in [-0.4, -0.2) is 23.3 Å². The van der Waals surface area contributed by atoms with Crippen LogP contribution in [0.4, 0.5) is 0 Å². The Morgan fingerprint density at radius 3 is 2.65 bits per heavy atom. The molecule has 0 amide bonds. The van der Waals surface area contributed by atoms with Crippen molar-refractivity contribution in [2.24, 2.45) is 0 Å². The van der Waals surface area contributed by atoms with E-state index in [-0.39, 0.29) is 16.8 Å². The van der Waals surface area contributed by atoms with E-state index in [1.807, 2.05) is 13.8 Å². The van der Waals surface area contributed by atoms with Crippen molar-refractivity contribution in [3.63, 3.8) is 0 Å². The molecule has 0 spiro atoms. The number of hydrogen-bond donors (Lipinski definition) is 1. The molecule has 5 nitrogen and oxygen atoms in total. The number of methoxy groups -OCH3 is 1. The SMILES string of the molecule is CCc1c(Cl)[nH]c(=O)n(C(C)CCOC)c1=O. The average Bonchev–Trinajstić information content (AvgIpc) is 2.26. The molecule has 1 aromatic heterocycles. The van der Waals surface area contributed by atoms with E-state index in [0.29, 0.717) is 25.0 Å². The fourth-order valence-corrected chi connectivity index (χ4v) is 1.98. The number of aromatic nitrogens is 2. The van der Waals surface area contributed by atoms with Crippen LogP contribution in [0, 0.1) is 0 Å². The quantitative estimate of drug-likeness (QED) is 0.813. The first-order valence-electron chi connectivity index (χ1n) is 5.55. The fourth-order valence-electron chi connectivity index (χ4n) is 1.69. The molecule has 1 atom stereocenters. The van der Waals surface area contributed by atoms with Gasteiger partial charge >= 0.3 is 5.69 Å². The first-order chi connectivity index (χ1) is 8.02. The van der Waals surface area contributed by atoms with E-state index in [1.54, 1.807) is 7.11 Å². The van der Waals surface area contributed by atoms with Crippen LogP contribution in [0.15, 0.2) is 9.59 Å². The third-order valence-corrected chi connectivity index (χ3v) is 3.03. The van der Waals surface area contributed by atoms with Gasteiger partial charge in [0.05, 0.1) is 5.56 Å². The molecule has 0 aliphatic carbocycles. The highest BCUT2D eigenvalue weighted by molar-refractivity contribution is 6.30. The van der Waals surface area contributed by atoms with E-state index in [2.05, 4.69) is 4.98 Å². The maximum atomic E-state index is 12.1. The number of nitrogens with one attached hydrogen (secondary N) is 1. The minimum absolute atomic E-state index is 0.137. The lowest BCUT2D eigenvalue weighted by Crippen LogP contribution is -2.39. The van der Waals surface area contributed by atoms with Crippen molar-refractivity contribution in [1.82, 2.24) is 9.55 Å². The molecule has 1 heterocycles. The molecule has 17 heavy (non-hydrogen) atoms. The standard InChI is InChI=1S/C11H17ClN2O3/c1-4-8-9(12)13-11(16)14(10(8)15)7(2)5-6-17-3/h7H,4-6H2,1-3H3,(H,13,16). The predicted octanol–water partition coefficient (Wildman–Crippen LogP) is 1.35. The molecule has 6 heteroatoms. The molecule has 1 unspecified atom stereocenters. The van der Waals surface area contributed by atoms with E-state index >= 15 is 0 Å². The lowest BCUT2D eigenvalue weighted by molar-refractivity contribution is 0.179. The molecule has 1 aromatic rings. The molecule has 0 fully saturated rings. The summed E-state index contributed by atoms with van der Waals surface area (Å²) in [6.07, 6.45) is 1.09. The van der Waals surface area contributed by atoms with Gasteiger partial charge in [-0.05, 0) is 19.8 Å².